The first-order valence-electron chi connectivity index (χ1n) is 3.93. The molecule has 0 fully saturated rings. The maximum atomic E-state index is 11.0. The summed E-state index contributed by atoms with van der Waals surface area (Å²) in [7, 11) is 0. The van der Waals surface area contributed by atoms with E-state index in [0.29, 0.717) is 16.0 Å². The summed E-state index contributed by atoms with van der Waals surface area (Å²) in [6.07, 6.45) is 0. The molecule has 4 heteroatoms. The van der Waals surface area contributed by atoms with Crippen LogP contribution in [0.25, 0.3) is 0 Å². The van der Waals surface area contributed by atoms with E-state index >= 15 is 0 Å². The van der Waals surface area contributed by atoms with Crippen molar-refractivity contribution in [2.45, 2.75) is 17.2 Å². The third-order valence-electron chi connectivity index (χ3n) is 1.79. The van der Waals surface area contributed by atoms with Crippen molar-refractivity contribution < 1.29 is 4.79 Å². The lowest BCUT2D eigenvalue weighted by atomic mass is 10.1. The second kappa shape index (κ2) is 4.50. The molecule has 1 atom stereocenters. The van der Waals surface area contributed by atoms with E-state index in [4.69, 9.17) is 16.9 Å². The minimum atomic E-state index is -0.684. The molecule has 14 heavy (non-hydrogen) atoms. The Bertz CT molecular complexity index is 411. The van der Waals surface area contributed by atoms with E-state index in [1.54, 1.807) is 18.2 Å². The number of thiol groups is 1. The Hall–Kier alpha value is -0.980. The number of rotatable bonds is 2. The fraction of sp³-hybridized carbons (Fsp3) is 0.200. The van der Waals surface area contributed by atoms with E-state index < -0.39 is 5.38 Å². The fourth-order valence-electron chi connectivity index (χ4n) is 1.04. The number of ketones is 1. The molecule has 2 nitrogen and oxygen atoms in total. The summed E-state index contributed by atoms with van der Waals surface area (Å²) in [5.41, 5.74) is 1.06. The second-order valence-corrected chi connectivity index (χ2v) is 3.78. The van der Waals surface area contributed by atoms with E-state index in [-0.39, 0.29) is 5.78 Å². The van der Waals surface area contributed by atoms with Crippen LogP contribution in [0.4, 0.5) is 0 Å². The minimum Gasteiger partial charge on any atom is -0.298 e. The number of carbonyl (C=O) groups excluding carboxylic acids is 1. The van der Waals surface area contributed by atoms with Crippen LogP contribution in [0, 0.1) is 11.3 Å². The number of carbonyl (C=O) groups is 1. The Morgan fingerprint density at radius 2 is 2.29 bits per heavy atom. The molecule has 0 aliphatic heterocycles. The molecule has 1 rings (SSSR count). The highest BCUT2D eigenvalue weighted by Gasteiger charge is 2.13. The van der Waals surface area contributed by atoms with Crippen molar-refractivity contribution in [1.82, 2.24) is 0 Å². The Morgan fingerprint density at radius 3 is 2.79 bits per heavy atom. The highest BCUT2D eigenvalue weighted by molar-refractivity contribution is 7.80. The Balaban J connectivity index is 3.14. The zero-order valence-electron chi connectivity index (χ0n) is 7.49. The minimum absolute atomic E-state index is 0.137. The van der Waals surface area contributed by atoms with Crippen LogP contribution in [0.15, 0.2) is 23.1 Å². The van der Waals surface area contributed by atoms with Crippen LogP contribution in [-0.2, 0) is 4.79 Å². The average Bonchev–Trinajstić information content (AvgIpc) is 2.17. The van der Waals surface area contributed by atoms with Gasteiger partial charge in [0.2, 0.25) is 0 Å². The van der Waals surface area contributed by atoms with Crippen LogP contribution >= 0.6 is 24.2 Å². The molecule has 0 N–H and O–H groups in total. The molecule has 0 radical (unpaired) electrons. The van der Waals surface area contributed by atoms with Gasteiger partial charge in [0.05, 0.1) is 5.56 Å². The largest absolute Gasteiger partial charge is 0.298 e. The number of benzene rings is 1. The van der Waals surface area contributed by atoms with Gasteiger partial charge >= 0.3 is 0 Å². The number of hydrogen-bond acceptors (Lipinski definition) is 3. The van der Waals surface area contributed by atoms with Gasteiger partial charge < -0.3 is 0 Å². The molecule has 0 saturated heterocycles. The lowest BCUT2D eigenvalue weighted by Gasteiger charge is -2.06. The first-order valence-corrected chi connectivity index (χ1v) is 4.82. The Morgan fingerprint density at radius 1 is 1.64 bits per heavy atom. The summed E-state index contributed by atoms with van der Waals surface area (Å²) in [5.74, 6) is -0.137. The van der Waals surface area contributed by atoms with Crippen molar-refractivity contribution in [2.24, 2.45) is 0 Å². The molecule has 1 aromatic rings. The van der Waals surface area contributed by atoms with Crippen molar-refractivity contribution in [3.8, 4) is 6.07 Å². The monoisotopic (exact) mass is 225 g/mol. The highest BCUT2D eigenvalue weighted by Crippen LogP contribution is 2.24. The van der Waals surface area contributed by atoms with Crippen LogP contribution < -0.4 is 0 Å². The van der Waals surface area contributed by atoms with Gasteiger partial charge in [0.15, 0.2) is 5.78 Å². The molecule has 0 aliphatic carbocycles. The number of Topliss-reactive ketones (excluding diaryl/α,β-unsaturated/α-hetero) is 1. The van der Waals surface area contributed by atoms with Gasteiger partial charge in [-0.2, -0.15) is 5.26 Å². The number of nitrogens with zero attached hydrogens (tertiary/aromatic N) is 1. The summed E-state index contributed by atoms with van der Waals surface area (Å²) in [6, 6.07) is 6.93. The normalized spacial score (nSPS) is 11.9. The Labute approximate surface area is 92.9 Å². The fourth-order valence-corrected chi connectivity index (χ4v) is 1.36. The first-order chi connectivity index (χ1) is 6.56. The zero-order valence-corrected chi connectivity index (χ0v) is 9.14. The van der Waals surface area contributed by atoms with Crippen molar-refractivity contribution >= 4 is 30.0 Å². The number of nitriles is 1. The molecule has 0 bridgehead atoms. The maximum absolute atomic E-state index is 11.0. The molecular formula is C10H8ClNOS. The molecule has 0 spiro atoms. The number of hydrogen-bond donors (Lipinski definition) is 1. The maximum Gasteiger partial charge on any atom is 0.152 e. The van der Waals surface area contributed by atoms with Gasteiger partial charge in [-0.25, -0.2) is 0 Å². The molecule has 72 valence electrons. The third kappa shape index (κ3) is 2.28. The molecule has 0 heterocycles. The van der Waals surface area contributed by atoms with Crippen LogP contribution in [0.5, 0.6) is 0 Å². The van der Waals surface area contributed by atoms with Crippen LogP contribution in [0.1, 0.15) is 23.4 Å². The smallest absolute Gasteiger partial charge is 0.152 e. The van der Waals surface area contributed by atoms with Crippen molar-refractivity contribution in [1.29, 1.82) is 5.26 Å². The van der Waals surface area contributed by atoms with Crippen LogP contribution in [0.3, 0.4) is 0 Å². The Kier molecular flexibility index (Phi) is 3.56. The van der Waals surface area contributed by atoms with E-state index in [1.165, 1.54) is 6.92 Å². The quantitative estimate of drug-likeness (QED) is 0.621. The average molecular weight is 226 g/mol. The van der Waals surface area contributed by atoms with E-state index in [9.17, 15) is 4.79 Å². The van der Waals surface area contributed by atoms with Gasteiger partial charge in [0, 0.05) is 4.90 Å². The molecule has 1 unspecified atom stereocenters. The van der Waals surface area contributed by atoms with Crippen LogP contribution in [-0.4, -0.2) is 5.78 Å². The van der Waals surface area contributed by atoms with E-state index in [0.717, 1.165) is 0 Å². The predicted octanol–water partition coefficient (Wildman–Crippen LogP) is 2.72. The van der Waals surface area contributed by atoms with Gasteiger partial charge in [0.25, 0.3) is 0 Å². The molecule has 0 aliphatic rings. The van der Waals surface area contributed by atoms with Crippen molar-refractivity contribution in [3.63, 3.8) is 0 Å². The number of halogens is 1. The summed E-state index contributed by atoms with van der Waals surface area (Å²) >= 11 is 9.93. The van der Waals surface area contributed by atoms with Gasteiger partial charge in [-0.3, -0.25) is 4.79 Å². The van der Waals surface area contributed by atoms with E-state index in [1.807, 2.05) is 6.07 Å². The summed E-state index contributed by atoms with van der Waals surface area (Å²) < 4.78 is 0. The summed E-state index contributed by atoms with van der Waals surface area (Å²) in [6.45, 7) is 1.42. The molecule has 0 aromatic heterocycles. The van der Waals surface area contributed by atoms with Gasteiger partial charge in [-0.15, -0.1) is 24.2 Å². The van der Waals surface area contributed by atoms with Crippen LogP contribution in [0.2, 0.25) is 0 Å². The summed E-state index contributed by atoms with van der Waals surface area (Å²) in [5, 5.41) is 8.05. The first kappa shape index (κ1) is 11.1. The van der Waals surface area contributed by atoms with Crippen molar-refractivity contribution in [2.75, 3.05) is 0 Å². The second-order valence-electron chi connectivity index (χ2n) is 2.86. The SMILES string of the molecule is CC(=O)C(Cl)c1ccc(S)c(C#N)c1. The van der Waals surface area contributed by atoms with E-state index in [2.05, 4.69) is 12.6 Å². The molecular weight excluding hydrogens is 218 g/mol. The predicted molar refractivity (Wildman–Crippen MR) is 57.7 cm³/mol. The lowest BCUT2D eigenvalue weighted by Crippen LogP contribution is -2.01. The number of alkyl halides is 1. The third-order valence-corrected chi connectivity index (χ3v) is 2.74. The standard InChI is InChI=1S/C10H8ClNOS/c1-6(13)10(11)7-2-3-9(14)8(4-7)5-12/h2-4,10,14H,1H3. The topological polar surface area (TPSA) is 40.9 Å². The molecule has 0 saturated carbocycles. The highest BCUT2D eigenvalue weighted by atomic mass is 35.5. The lowest BCUT2D eigenvalue weighted by molar-refractivity contribution is -0.116. The zero-order chi connectivity index (χ0) is 10.7. The van der Waals surface area contributed by atoms with Crippen molar-refractivity contribution in [3.05, 3.63) is 29.3 Å². The summed E-state index contributed by atoms with van der Waals surface area (Å²) in [4.78, 5) is 11.6. The molecule has 1 aromatic carbocycles. The van der Waals surface area contributed by atoms with Gasteiger partial charge in [-0.05, 0) is 24.6 Å². The molecule has 0 amide bonds. The van der Waals surface area contributed by atoms with Gasteiger partial charge in [-0.1, -0.05) is 6.07 Å². The van der Waals surface area contributed by atoms with Gasteiger partial charge in [0.1, 0.15) is 11.4 Å².